The van der Waals surface area contributed by atoms with Crippen LogP contribution in [0.4, 0.5) is 0 Å². The quantitative estimate of drug-likeness (QED) is 0.530. The molecule has 2 aliphatic carbocycles. The third kappa shape index (κ3) is 6.45. The zero-order valence-electron chi connectivity index (χ0n) is 13.0. The van der Waals surface area contributed by atoms with Gasteiger partial charge >= 0.3 is 0 Å². The van der Waals surface area contributed by atoms with Crippen molar-refractivity contribution in [3.8, 4) is 0 Å². The number of halogens is 1. The first kappa shape index (κ1) is 17.6. The Morgan fingerprint density at radius 2 is 1.52 bits per heavy atom. The van der Waals surface area contributed by atoms with Crippen LogP contribution in [0.15, 0.2) is 0 Å². The smallest absolute Gasteiger partial charge is 0.233 e. The average molecular weight is 337 g/mol. The van der Waals surface area contributed by atoms with Gasteiger partial charge in [0.2, 0.25) is 9.05 Å². The second-order valence-electron chi connectivity index (χ2n) is 7.12. The van der Waals surface area contributed by atoms with E-state index in [1.165, 1.54) is 44.9 Å². The Labute approximate surface area is 134 Å². The summed E-state index contributed by atoms with van der Waals surface area (Å²) in [6.07, 6.45) is 13.0. The monoisotopic (exact) mass is 336 g/mol. The lowest BCUT2D eigenvalue weighted by Crippen LogP contribution is -2.34. The van der Waals surface area contributed by atoms with Crippen LogP contribution in [0, 0.1) is 11.3 Å². The van der Waals surface area contributed by atoms with Gasteiger partial charge in [0, 0.05) is 22.7 Å². The molecule has 0 N–H and O–H groups in total. The predicted octanol–water partition coefficient (Wildman–Crippen LogP) is 4.49. The lowest BCUT2D eigenvalue weighted by atomic mass is 9.83. The van der Waals surface area contributed by atoms with Crippen molar-refractivity contribution in [1.29, 1.82) is 0 Å². The van der Waals surface area contributed by atoms with Gasteiger partial charge < -0.3 is 4.74 Å². The molecule has 0 bridgehead atoms. The maximum Gasteiger partial charge on any atom is 0.233 e. The average Bonchev–Trinajstić information content (AvgIpc) is 2.64. The van der Waals surface area contributed by atoms with Gasteiger partial charge in [-0.05, 0) is 31.6 Å². The Hall–Kier alpha value is 0.200. The van der Waals surface area contributed by atoms with Gasteiger partial charge in [-0.2, -0.15) is 0 Å². The molecule has 0 saturated heterocycles. The summed E-state index contributed by atoms with van der Waals surface area (Å²) in [5.41, 5.74) is -0.244. The number of rotatable bonds is 6. The highest BCUT2D eigenvalue weighted by Gasteiger charge is 2.35. The highest BCUT2D eigenvalue weighted by Crippen LogP contribution is 2.38. The zero-order chi connectivity index (χ0) is 15.2. The summed E-state index contributed by atoms with van der Waals surface area (Å²) >= 11 is 0. The molecule has 0 aromatic heterocycles. The molecule has 5 heteroatoms. The minimum absolute atomic E-state index is 0.0756. The van der Waals surface area contributed by atoms with Gasteiger partial charge in [0.05, 0.1) is 12.4 Å². The summed E-state index contributed by atoms with van der Waals surface area (Å²) in [4.78, 5) is 0. The van der Waals surface area contributed by atoms with Crippen molar-refractivity contribution in [2.45, 2.75) is 70.6 Å². The fourth-order valence-corrected chi connectivity index (χ4v) is 5.77. The predicted molar refractivity (Wildman–Crippen MR) is 87.2 cm³/mol. The van der Waals surface area contributed by atoms with Crippen LogP contribution in [0.25, 0.3) is 0 Å². The van der Waals surface area contributed by atoms with Gasteiger partial charge in [-0.1, -0.05) is 44.9 Å². The topological polar surface area (TPSA) is 43.4 Å². The highest BCUT2D eigenvalue weighted by atomic mass is 35.7. The molecule has 0 aromatic carbocycles. The molecule has 2 saturated carbocycles. The maximum absolute atomic E-state index is 11.6. The standard InChI is InChI=1S/C16H29ClO3S/c17-21(18,19)14-16(10-6-1-2-7-11-16)13-20-12-15-8-4-3-5-9-15/h15H,1-14H2. The third-order valence-electron chi connectivity index (χ3n) is 5.13. The molecule has 2 fully saturated rings. The summed E-state index contributed by atoms with van der Waals surface area (Å²) < 4.78 is 29.2. The Morgan fingerprint density at radius 3 is 2.10 bits per heavy atom. The van der Waals surface area contributed by atoms with Crippen LogP contribution in [0.5, 0.6) is 0 Å². The first-order valence-corrected chi connectivity index (χ1v) is 11.0. The molecule has 0 aliphatic heterocycles. The summed E-state index contributed by atoms with van der Waals surface area (Å²) in [5, 5.41) is 0. The van der Waals surface area contributed by atoms with Crippen LogP contribution < -0.4 is 0 Å². The van der Waals surface area contributed by atoms with Gasteiger partial charge in [0.15, 0.2) is 0 Å². The van der Waals surface area contributed by atoms with Crippen LogP contribution in [0.1, 0.15) is 70.6 Å². The Morgan fingerprint density at radius 1 is 0.952 bits per heavy atom. The molecule has 2 aliphatic rings. The van der Waals surface area contributed by atoms with Crippen molar-refractivity contribution < 1.29 is 13.2 Å². The molecule has 0 radical (unpaired) electrons. The molecule has 0 amide bonds. The van der Waals surface area contributed by atoms with Crippen LogP contribution in [0.3, 0.4) is 0 Å². The third-order valence-corrected chi connectivity index (χ3v) is 6.41. The van der Waals surface area contributed by atoms with Gasteiger partial charge in [0.25, 0.3) is 0 Å². The fraction of sp³-hybridized carbons (Fsp3) is 1.00. The second-order valence-corrected chi connectivity index (χ2v) is 9.89. The number of ether oxygens (including phenoxy) is 1. The van der Waals surface area contributed by atoms with Crippen molar-refractivity contribution in [2.75, 3.05) is 19.0 Å². The van der Waals surface area contributed by atoms with E-state index < -0.39 is 9.05 Å². The van der Waals surface area contributed by atoms with E-state index in [0.717, 1.165) is 32.3 Å². The van der Waals surface area contributed by atoms with E-state index in [9.17, 15) is 8.42 Å². The van der Waals surface area contributed by atoms with Crippen LogP contribution >= 0.6 is 10.7 Å². The van der Waals surface area contributed by atoms with Gasteiger partial charge in [-0.3, -0.25) is 0 Å². The molecule has 0 heterocycles. The van der Waals surface area contributed by atoms with Gasteiger partial charge in [-0.15, -0.1) is 0 Å². The van der Waals surface area contributed by atoms with E-state index in [1.54, 1.807) is 0 Å². The largest absolute Gasteiger partial charge is 0.381 e. The minimum atomic E-state index is -3.46. The Kier molecular flexibility index (Phi) is 6.82. The van der Waals surface area contributed by atoms with Gasteiger partial charge in [0.1, 0.15) is 0 Å². The molecule has 21 heavy (non-hydrogen) atoms. The molecule has 3 nitrogen and oxygen atoms in total. The number of hydrogen-bond acceptors (Lipinski definition) is 3. The first-order valence-electron chi connectivity index (χ1n) is 8.49. The van der Waals surface area contributed by atoms with Crippen LogP contribution in [-0.4, -0.2) is 27.4 Å². The first-order chi connectivity index (χ1) is 9.99. The van der Waals surface area contributed by atoms with Crippen molar-refractivity contribution in [3.63, 3.8) is 0 Å². The summed E-state index contributed by atoms with van der Waals surface area (Å²) in [6, 6.07) is 0. The van der Waals surface area contributed by atoms with Crippen molar-refractivity contribution >= 4 is 19.7 Å². The summed E-state index contributed by atoms with van der Waals surface area (Å²) in [6.45, 7) is 1.36. The molecular formula is C16H29ClO3S. The van der Waals surface area contributed by atoms with E-state index in [1.807, 2.05) is 0 Å². The molecule has 0 spiro atoms. The SMILES string of the molecule is O=S(=O)(Cl)CC1(COCC2CCCCC2)CCCCCC1. The lowest BCUT2D eigenvalue weighted by Gasteiger charge is -2.32. The molecule has 2 rings (SSSR count). The molecule has 124 valence electrons. The zero-order valence-corrected chi connectivity index (χ0v) is 14.6. The van der Waals surface area contributed by atoms with E-state index in [2.05, 4.69) is 0 Å². The normalized spacial score (nSPS) is 24.6. The fourth-order valence-electron chi connectivity index (χ4n) is 3.97. The van der Waals surface area contributed by atoms with Crippen molar-refractivity contribution in [2.24, 2.45) is 11.3 Å². The molecule has 0 unspecified atom stereocenters. The van der Waals surface area contributed by atoms with Crippen molar-refractivity contribution in [3.05, 3.63) is 0 Å². The van der Waals surface area contributed by atoms with Gasteiger partial charge in [-0.25, -0.2) is 8.42 Å². The van der Waals surface area contributed by atoms with Crippen LogP contribution in [0.2, 0.25) is 0 Å². The van der Waals surface area contributed by atoms with E-state index in [-0.39, 0.29) is 11.2 Å². The number of hydrogen-bond donors (Lipinski definition) is 0. The second kappa shape index (κ2) is 8.16. The molecular weight excluding hydrogens is 308 g/mol. The van der Waals surface area contributed by atoms with Crippen molar-refractivity contribution in [1.82, 2.24) is 0 Å². The highest BCUT2D eigenvalue weighted by molar-refractivity contribution is 8.13. The summed E-state index contributed by atoms with van der Waals surface area (Å²) in [7, 11) is 2.09. The Balaban J connectivity index is 1.88. The minimum Gasteiger partial charge on any atom is -0.381 e. The summed E-state index contributed by atoms with van der Waals surface area (Å²) in [5.74, 6) is 0.751. The van der Waals surface area contributed by atoms with E-state index in [0.29, 0.717) is 12.5 Å². The lowest BCUT2D eigenvalue weighted by molar-refractivity contribution is 0.0200. The maximum atomic E-state index is 11.6. The molecule has 0 atom stereocenters. The van der Waals surface area contributed by atoms with E-state index >= 15 is 0 Å². The van der Waals surface area contributed by atoms with Crippen LogP contribution in [-0.2, 0) is 13.8 Å². The Bertz CT molecular complexity index is 394. The van der Waals surface area contributed by atoms with E-state index in [4.69, 9.17) is 15.4 Å². The molecule has 0 aromatic rings.